The van der Waals surface area contributed by atoms with Gasteiger partial charge in [-0.25, -0.2) is 9.97 Å². The van der Waals surface area contributed by atoms with Crippen molar-refractivity contribution in [1.82, 2.24) is 24.7 Å². The summed E-state index contributed by atoms with van der Waals surface area (Å²) in [7, 11) is 3.40. The average molecular weight is 313 g/mol. The first-order valence-electron chi connectivity index (χ1n) is 5.34. The predicted molar refractivity (Wildman–Crippen MR) is 69.5 cm³/mol. The van der Waals surface area contributed by atoms with Gasteiger partial charge in [0.15, 0.2) is 5.82 Å². The lowest BCUT2D eigenvalue weighted by Gasteiger charge is -2.06. The van der Waals surface area contributed by atoms with Crippen molar-refractivity contribution >= 4 is 21.9 Å². The van der Waals surface area contributed by atoms with Crippen LogP contribution in [-0.4, -0.2) is 38.4 Å². The van der Waals surface area contributed by atoms with Crippen molar-refractivity contribution in [2.45, 2.75) is 6.42 Å². The van der Waals surface area contributed by atoms with Crippen molar-refractivity contribution in [1.29, 1.82) is 0 Å². The van der Waals surface area contributed by atoms with Crippen LogP contribution in [0, 0.1) is 0 Å². The fraction of sp³-hybridized carbons (Fsp3) is 0.400. The van der Waals surface area contributed by atoms with Crippen molar-refractivity contribution < 1.29 is 4.74 Å². The zero-order chi connectivity index (χ0) is 13.0. The highest BCUT2D eigenvalue weighted by molar-refractivity contribution is 9.10. The van der Waals surface area contributed by atoms with Gasteiger partial charge in [0, 0.05) is 20.0 Å². The van der Waals surface area contributed by atoms with E-state index in [1.807, 2.05) is 7.05 Å². The molecule has 0 amide bonds. The SMILES string of the molecule is COc1nc(NCCc2ncn(C)n2)ncc1Br. The molecule has 96 valence electrons. The van der Waals surface area contributed by atoms with E-state index in [4.69, 9.17) is 4.74 Å². The van der Waals surface area contributed by atoms with Gasteiger partial charge in [0.25, 0.3) is 0 Å². The standard InChI is InChI=1S/C10H13BrN6O/c1-17-6-14-8(16-17)3-4-12-10-13-5-7(11)9(15-10)18-2/h5-6H,3-4H2,1-2H3,(H,12,13,15). The second-order valence-corrected chi connectivity index (χ2v) is 4.42. The Kier molecular flexibility index (Phi) is 4.08. The van der Waals surface area contributed by atoms with Gasteiger partial charge in [-0.15, -0.1) is 0 Å². The summed E-state index contributed by atoms with van der Waals surface area (Å²) in [5.41, 5.74) is 0. The third kappa shape index (κ3) is 3.16. The van der Waals surface area contributed by atoms with E-state index in [0.29, 0.717) is 24.8 Å². The summed E-state index contributed by atoms with van der Waals surface area (Å²) in [4.78, 5) is 12.5. The van der Waals surface area contributed by atoms with Gasteiger partial charge in [-0.3, -0.25) is 4.68 Å². The molecule has 0 fully saturated rings. The molecular weight excluding hydrogens is 300 g/mol. The zero-order valence-corrected chi connectivity index (χ0v) is 11.7. The van der Waals surface area contributed by atoms with Crippen LogP contribution in [-0.2, 0) is 13.5 Å². The molecule has 0 spiro atoms. The number of nitrogens with one attached hydrogen (secondary N) is 1. The third-order valence-electron chi connectivity index (χ3n) is 2.18. The highest BCUT2D eigenvalue weighted by atomic mass is 79.9. The molecule has 0 atom stereocenters. The molecule has 0 unspecified atom stereocenters. The molecule has 0 aliphatic carbocycles. The fourth-order valence-corrected chi connectivity index (χ4v) is 1.72. The Morgan fingerprint density at radius 1 is 1.44 bits per heavy atom. The van der Waals surface area contributed by atoms with Gasteiger partial charge in [-0.2, -0.15) is 10.1 Å². The summed E-state index contributed by atoms with van der Waals surface area (Å²) >= 11 is 3.30. The van der Waals surface area contributed by atoms with Crippen molar-refractivity contribution in [2.75, 3.05) is 19.0 Å². The molecule has 2 aromatic heterocycles. The first-order valence-corrected chi connectivity index (χ1v) is 6.13. The Bertz CT molecular complexity index is 529. The van der Waals surface area contributed by atoms with Crippen LogP contribution in [0.4, 0.5) is 5.95 Å². The monoisotopic (exact) mass is 312 g/mol. The fourth-order valence-electron chi connectivity index (χ4n) is 1.36. The van der Waals surface area contributed by atoms with E-state index in [2.05, 4.69) is 41.3 Å². The second-order valence-electron chi connectivity index (χ2n) is 3.56. The molecule has 0 aliphatic rings. The summed E-state index contributed by atoms with van der Waals surface area (Å²) in [5.74, 6) is 1.81. The molecule has 1 N–H and O–H groups in total. The topological polar surface area (TPSA) is 77.8 Å². The molecule has 8 heteroatoms. The Morgan fingerprint density at radius 2 is 2.28 bits per heavy atom. The molecule has 2 heterocycles. The summed E-state index contributed by atoms with van der Waals surface area (Å²) in [6.07, 6.45) is 4.03. The van der Waals surface area contributed by atoms with E-state index in [1.54, 1.807) is 24.3 Å². The molecule has 0 radical (unpaired) electrons. The van der Waals surface area contributed by atoms with Crippen LogP contribution in [0.2, 0.25) is 0 Å². The van der Waals surface area contributed by atoms with E-state index >= 15 is 0 Å². The number of aromatic nitrogens is 5. The maximum Gasteiger partial charge on any atom is 0.232 e. The maximum atomic E-state index is 5.09. The van der Waals surface area contributed by atoms with Crippen molar-refractivity contribution in [3.8, 4) is 5.88 Å². The number of methoxy groups -OCH3 is 1. The van der Waals surface area contributed by atoms with Crippen LogP contribution in [0.25, 0.3) is 0 Å². The summed E-state index contributed by atoms with van der Waals surface area (Å²) in [6, 6.07) is 0. The molecule has 2 rings (SSSR count). The van der Waals surface area contributed by atoms with Crippen molar-refractivity contribution in [2.24, 2.45) is 7.05 Å². The van der Waals surface area contributed by atoms with Crippen LogP contribution in [0.15, 0.2) is 17.0 Å². The van der Waals surface area contributed by atoms with E-state index in [-0.39, 0.29) is 0 Å². The number of nitrogens with zero attached hydrogens (tertiary/aromatic N) is 5. The lowest BCUT2D eigenvalue weighted by molar-refractivity contribution is 0.394. The minimum Gasteiger partial charge on any atom is -0.480 e. The Labute approximate surface area is 113 Å². The smallest absolute Gasteiger partial charge is 0.232 e. The minimum absolute atomic E-state index is 0.503. The quantitative estimate of drug-likeness (QED) is 0.888. The molecule has 0 aliphatic heterocycles. The van der Waals surface area contributed by atoms with E-state index in [1.165, 1.54) is 0 Å². The largest absolute Gasteiger partial charge is 0.480 e. The van der Waals surface area contributed by atoms with Crippen LogP contribution in [0.5, 0.6) is 5.88 Å². The number of rotatable bonds is 5. The van der Waals surface area contributed by atoms with Gasteiger partial charge < -0.3 is 10.1 Å². The van der Waals surface area contributed by atoms with Crippen LogP contribution >= 0.6 is 15.9 Å². The summed E-state index contributed by atoms with van der Waals surface area (Å²) < 4.78 is 7.49. The Hall–Kier alpha value is -1.70. The van der Waals surface area contributed by atoms with E-state index in [0.717, 1.165) is 10.3 Å². The number of ether oxygens (including phenoxy) is 1. The van der Waals surface area contributed by atoms with Gasteiger partial charge in [-0.1, -0.05) is 0 Å². The number of halogens is 1. The van der Waals surface area contributed by atoms with Gasteiger partial charge in [0.05, 0.1) is 17.8 Å². The minimum atomic E-state index is 0.503. The number of hydrogen-bond acceptors (Lipinski definition) is 6. The zero-order valence-electron chi connectivity index (χ0n) is 10.1. The van der Waals surface area contributed by atoms with Gasteiger partial charge in [-0.05, 0) is 15.9 Å². The molecule has 0 saturated carbocycles. The highest BCUT2D eigenvalue weighted by Gasteiger charge is 2.05. The number of hydrogen-bond donors (Lipinski definition) is 1. The molecule has 0 bridgehead atoms. The van der Waals surface area contributed by atoms with Crippen LogP contribution in [0.3, 0.4) is 0 Å². The lowest BCUT2D eigenvalue weighted by Crippen LogP contribution is -2.09. The van der Waals surface area contributed by atoms with E-state index < -0.39 is 0 Å². The third-order valence-corrected chi connectivity index (χ3v) is 2.73. The van der Waals surface area contributed by atoms with Gasteiger partial charge in [0.1, 0.15) is 6.33 Å². The summed E-state index contributed by atoms with van der Waals surface area (Å²) in [5, 5.41) is 7.27. The van der Waals surface area contributed by atoms with Crippen molar-refractivity contribution in [3.63, 3.8) is 0 Å². The van der Waals surface area contributed by atoms with Gasteiger partial charge >= 0.3 is 0 Å². The van der Waals surface area contributed by atoms with Crippen LogP contribution in [0.1, 0.15) is 5.82 Å². The predicted octanol–water partition coefficient (Wildman–Crippen LogP) is 1.03. The Balaban J connectivity index is 1.90. The second kappa shape index (κ2) is 5.76. The Morgan fingerprint density at radius 3 is 2.94 bits per heavy atom. The first kappa shape index (κ1) is 12.7. The van der Waals surface area contributed by atoms with Crippen molar-refractivity contribution in [3.05, 3.63) is 22.8 Å². The van der Waals surface area contributed by atoms with Gasteiger partial charge in [0.2, 0.25) is 11.8 Å². The molecule has 18 heavy (non-hydrogen) atoms. The molecule has 7 nitrogen and oxygen atoms in total. The van der Waals surface area contributed by atoms with E-state index in [9.17, 15) is 0 Å². The normalized spacial score (nSPS) is 10.4. The maximum absolute atomic E-state index is 5.09. The number of aryl methyl sites for hydroxylation is 1. The lowest BCUT2D eigenvalue weighted by atomic mass is 10.4. The van der Waals surface area contributed by atoms with Crippen LogP contribution < -0.4 is 10.1 Å². The molecule has 2 aromatic rings. The summed E-state index contributed by atoms with van der Waals surface area (Å²) in [6.45, 7) is 0.662. The molecule has 0 aromatic carbocycles. The molecular formula is C10H13BrN6O. The number of anilines is 1. The molecule has 0 saturated heterocycles. The average Bonchev–Trinajstić information content (AvgIpc) is 2.77. The first-order chi connectivity index (χ1) is 8.69. The highest BCUT2D eigenvalue weighted by Crippen LogP contribution is 2.21.